The maximum absolute atomic E-state index is 10.2. The molecule has 8 heteroatoms. The number of aromatic nitrogens is 3. The lowest BCUT2D eigenvalue weighted by Crippen LogP contribution is -2.12. The van der Waals surface area contributed by atoms with E-state index >= 15 is 0 Å². The third kappa shape index (κ3) is 12.4. The Morgan fingerprint density at radius 1 is 1.29 bits per heavy atom. The summed E-state index contributed by atoms with van der Waals surface area (Å²) >= 11 is 0. The molecule has 0 aromatic carbocycles. The number of H-pyrrole nitrogens is 1. The van der Waals surface area contributed by atoms with Gasteiger partial charge in [-0.15, -0.1) is 0 Å². The van der Waals surface area contributed by atoms with E-state index < -0.39 is 5.69 Å². The third-order valence-electron chi connectivity index (χ3n) is 1.15. The molecule has 0 amide bonds. The average Bonchev–Trinajstić information content (AvgIpc) is 2.93. The van der Waals surface area contributed by atoms with Gasteiger partial charge in [0.1, 0.15) is 13.1 Å². The summed E-state index contributed by atoms with van der Waals surface area (Å²) < 4.78 is 9.44. The first-order chi connectivity index (χ1) is 8.29. The van der Waals surface area contributed by atoms with Crippen LogP contribution >= 0.6 is 0 Å². The van der Waals surface area contributed by atoms with Crippen LogP contribution in [0, 0.1) is 0 Å². The van der Waals surface area contributed by atoms with Crippen molar-refractivity contribution < 1.29 is 14.6 Å². The molecule has 0 spiro atoms. The number of aliphatic hydroxyl groups excluding tert-OH is 1. The monoisotopic (exact) mass is 248 g/mol. The van der Waals surface area contributed by atoms with Gasteiger partial charge in [-0.25, -0.2) is 9.78 Å². The van der Waals surface area contributed by atoms with Crippen LogP contribution in [0.1, 0.15) is 13.8 Å². The molecule has 1 aromatic heterocycles. The fourth-order valence-corrected chi connectivity index (χ4v) is 0.612. The summed E-state index contributed by atoms with van der Waals surface area (Å²) in [4.78, 5) is 19.1. The van der Waals surface area contributed by atoms with Gasteiger partial charge in [-0.05, 0) is 0 Å². The van der Waals surface area contributed by atoms with Gasteiger partial charge in [-0.3, -0.25) is 4.98 Å². The lowest BCUT2D eigenvalue weighted by Gasteiger charge is -1.83. The number of nitrogens with one attached hydrogen (secondary N) is 1. The van der Waals surface area contributed by atoms with Gasteiger partial charge in [0, 0.05) is 7.11 Å². The maximum atomic E-state index is 10.2. The maximum Gasteiger partial charge on any atom is 0.349 e. The largest absolute Gasteiger partial charge is 0.400 e. The number of rotatable bonds is 0. The van der Waals surface area contributed by atoms with Crippen molar-refractivity contribution in [2.24, 2.45) is 0 Å². The zero-order valence-electron chi connectivity index (χ0n) is 10.3. The molecule has 0 radical (unpaired) electrons. The van der Waals surface area contributed by atoms with Crippen LogP contribution in [0.3, 0.4) is 0 Å². The lowest BCUT2D eigenvalue weighted by molar-refractivity contribution is 0.0692. The fraction of sp³-hybridized carbons (Fsp3) is 0.667. The van der Waals surface area contributed by atoms with E-state index in [-0.39, 0.29) is 5.95 Å². The summed E-state index contributed by atoms with van der Waals surface area (Å²) in [5.74, 6) is 0.0880. The van der Waals surface area contributed by atoms with E-state index in [9.17, 15) is 4.79 Å². The highest BCUT2D eigenvalue weighted by Crippen LogP contribution is 1.85. The van der Waals surface area contributed by atoms with Crippen LogP contribution in [0.25, 0.3) is 0 Å². The van der Waals surface area contributed by atoms with Gasteiger partial charge in [0.05, 0.1) is 13.2 Å². The Morgan fingerprint density at radius 2 is 1.82 bits per heavy atom. The Labute approximate surface area is 99.8 Å². The highest BCUT2D eigenvalue weighted by Gasteiger charge is 1.93. The molecule has 0 saturated carbocycles. The van der Waals surface area contributed by atoms with Crippen molar-refractivity contribution in [3.05, 3.63) is 16.8 Å². The number of hydrogen-bond donors (Lipinski definition) is 3. The smallest absolute Gasteiger partial charge is 0.349 e. The van der Waals surface area contributed by atoms with Crippen molar-refractivity contribution in [3.8, 4) is 0 Å². The summed E-state index contributed by atoms with van der Waals surface area (Å²) in [6.45, 7) is 6.06. The van der Waals surface area contributed by atoms with Crippen molar-refractivity contribution in [1.29, 1.82) is 0 Å². The molecule has 100 valence electrons. The molecule has 4 N–H and O–H groups in total. The number of nitrogens with zero attached hydrogens (tertiary/aromatic N) is 2. The first-order valence-electron chi connectivity index (χ1n) is 5.06. The molecular weight excluding hydrogens is 228 g/mol. The summed E-state index contributed by atoms with van der Waals surface area (Å²) in [7, 11) is 1.00. The number of anilines is 1. The van der Waals surface area contributed by atoms with Gasteiger partial charge in [0.2, 0.25) is 5.95 Å². The Balaban J connectivity index is 0. The number of hydrogen-bond acceptors (Lipinski definition) is 7. The second-order valence-electron chi connectivity index (χ2n) is 2.12. The number of nitrogens with two attached hydrogens (primary N) is 1. The van der Waals surface area contributed by atoms with E-state index in [0.717, 1.165) is 26.7 Å². The van der Waals surface area contributed by atoms with E-state index in [0.29, 0.717) is 6.79 Å². The van der Waals surface area contributed by atoms with Crippen LogP contribution in [-0.4, -0.2) is 47.2 Å². The van der Waals surface area contributed by atoms with E-state index in [2.05, 4.69) is 15.0 Å². The molecule has 0 atom stereocenters. The van der Waals surface area contributed by atoms with Crippen LogP contribution in [-0.2, 0) is 9.47 Å². The standard InChI is InChI=1S/C3H4N4O.C3H6O2.C2H6.CH4O/c4-2-5-1-6-3(8)7-2;1-2-5-3-4-1;2*1-2/h1H,(H3,4,5,6,7,8);1-3H2;1-2H3;2H,1H3. The molecule has 2 heterocycles. The van der Waals surface area contributed by atoms with E-state index in [1.54, 1.807) is 0 Å². The van der Waals surface area contributed by atoms with Gasteiger partial charge >= 0.3 is 5.69 Å². The quantitative estimate of drug-likeness (QED) is 0.558. The molecule has 1 aromatic rings. The Bertz CT molecular complexity index is 293. The predicted molar refractivity (Wildman–Crippen MR) is 63.3 cm³/mol. The second-order valence-corrected chi connectivity index (χ2v) is 2.12. The molecule has 1 aliphatic rings. The molecule has 0 aliphatic carbocycles. The van der Waals surface area contributed by atoms with E-state index in [1.807, 2.05) is 13.8 Å². The molecule has 1 aliphatic heterocycles. The normalized spacial score (nSPS) is 12.0. The number of ether oxygens (including phenoxy) is 2. The molecular formula is C9H20N4O4. The Hall–Kier alpha value is -1.51. The van der Waals surface area contributed by atoms with Crippen LogP contribution in [0.15, 0.2) is 11.1 Å². The van der Waals surface area contributed by atoms with Gasteiger partial charge < -0.3 is 20.3 Å². The van der Waals surface area contributed by atoms with Crippen molar-refractivity contribution in [2.75, 3.05) is 32.9 Å². The summed E-state index contributed by atoms with van der Waals surface area (Å²) in [6, 6.07) is 0. The van der Waals surface area contributed by atoms with Crippen molar-refractivity contribution in [2.45, 2.75) is 13.8 Å². The van der Waals surface area contributed by atoms with Crippen molar-refractivity contribution in [3.63, 3.8) is 0 Å². The summed E-state index contributed by atoms with van der Waals surface area (Å²) in [5.41, 5.74) is 4.58. The van der Waals surface area contributed by atoms with Gasteiger partial charge in [-0.2, -0.15) is 4.98 Å². The molecule has 0 bridgehead atoms. The zero-order valence-corrected chi connectivity index (χ0v) is 10.3. The summed E-state index contributed by atoms with van der Waals surface area (Å²) in [6.07, 6.45) is 1.11. The van der Waals surface area contributed by atoms with Gasteiger partial charge in [0.15, 0.2) is 0 Å². The number of aliphatic hydroxyl groups is 1. The second kappa shape index (κ2) is 14.5. The zero-order chi connectivity index (χ0) is 13.5. The molecule has 8 nitrogen and oxygen atoms in total. The van der Waals surface area contributed by atoms with Gasteiger partial charge in [0.25, 0.3) is 0 Å². The predicted octanol–water partition coefficient (Wildman–Crippen LogP) is -0.627. The van der Waals surface area contributed by atoms with Crippen LogP contribution in [0.2, 0.25) is 0 Å². The highest BCUT2D eigenvalue weighted by atomic mass is 16.7. The van der Waals surface area contributed by atoms with Crippen LogP contribution in [0.5, 0.6) is 0 Å². The minimum absolute atomic E-state index is 0.0880. The minimum Gasteiger partial charge on any atom is -0.400 e. The van der Waals surface area contributed by atoms with Crippen LogP contribution < -0.4 is 11.4 Å². The molecule has 17 heavy (non-hydrogen) atoms. The molecule has 1 saturated heterocycles. The van der Waals surface area contributed by atoms with Crippen molar-refractivity contribution >= 4 is 5.95 Å². The first-order valence-corrected chi connectivity index (χ1v) is 5.06. The topological polar surface area (TPSA) is 123 Å². The minimum atomic E-state index is -0.475. The van der Waals surface area contributed by atoms with E-state index in [4.69, 9.17) is 20.3 Å². The van der Waals surface area contributed by atoms with E-state index in [1.165, 1.54) is 0 Å². The highest BCUT2D eigenvalue weighted by molar-refractivity contribution is 5.08. The number of aromatic amines is 1. The third-order valence-corrected chi connectivity index (χ3v) is 1.15. The molecule has 1 fully saturated rings. The Kier molecular flexibility index (Phi) is 15.2. The lowest BCUT2D eigenvalue weighted by atomic mass is 10.8. The fourth-order valence-electron chi connectivity index (χ4n) is 0.612. The van der Waals surface area contributed by atoms with Crippen molar-refractivity contribution in [1.82, 2.24) is 15.0 Å². The Morgan fingerprint density at radius 3 is 2.06 bits per heavy atom. The average molecular weight is 248 g/mol. The van der Waals surface area contributed by atoms with Gasteiger partial charge in [-0.1, -0.05) is 13.8 Å². The molecule has 0 unspecified atom stereocenters. The first kappa shape index (κ1) is 17.9. The van der Waals surface area contributed by atoms with Crippen LogP contribution in [0.4, 0.5) is 5.95 Å². The molecule has 2 rings (SSSR count). The SMILES string of the molecule is C1COCO1.CC.CO.Nc1ncnc(=O)[nH]1. The summed E-state index contributed by atoms with van der Waals surface area (Å²) in [5, 5.41) is 7.00. The number of nitrogen functional groups attached to an aromatic ring is 1.